The number of nitrogens with one attached hydrogen (secondary N) is 1. The Morgan fingerprint density at radius 3 is 2.43 bits per heavy atom. The van der Waals surface area contributed by atoms with Crippen LogP contribution in [0.25, 0.3) is 0 Å². The van der Waals surface area contributed by atoms with Crippen molar-refractivity contribution in [1.29, 1.82) is 0 Å². The molecule has 14 heteroatoms. The van der Waals surface area contributed by atoms with Crippen LogP contribution in [0.3, 0.4) is 0 Å². The van der Waals surface area contributed by atoms with E-state index in [1.54, 1.807) is 24.9 Å². The molecule has 1 aromatic carbocycles. The molecule has 10 nitrogen and oxygen atoms in total. The highest BCUT2D eigenvalue weighted by Gasteiger charge is 2.34. The lowest BCUT2D eigenvalue weighted by Crippen LogP contribution is -2.52. The minimum Gasteiger partial charge on any atom is -0.390 e. The Bertz CT molecular complexity index is 1400. The summed E-state index contributed by atoms with van der Waals surface area (Å²) >= 11 is 0. The first kappa shape index (κ1) is 35.9. The highest BCUT2D eigenvalue weighted by molar-refractivity contribution is 7.88. The van der Waals surface area contributed by atoms with E-state index < -0.39 is 27.9 Å². The number of halogens is 3. The summed E-state index contributed by atoms with van der Waals surface area (Å²) in [5.41, 5.74) is 6.70. The number of benzene rings is 1. The van der Waals surface area contributed by atoms with Crippen LogP contribution in [0.5, 0.6) is 0 Å². The summed E-state index contributed by atoms with van der Waals surface area (Å²) in [6.45, 7) is 9.02. The number of hydrogen-bond donors (Lipinski definition) is 2. The van der Waals surface area contributed by atoms with E-state index in [0.29, 0.717) is 48.9 Å². The molecule has 0 spiro atoms. The summed E-state index contributed by atoms with van der Waals surface area (Å²) in [4.78, 5) is 22.0. The molecule has 3 aliphatic heterocycles. The molecule has 0 radical (unpaired) electrons. The molecule has 1 aromatic rings. The zero-order valence-electron chi connectivity index (χ0n) is 26.9. The van der Waals surface area contributed by atoms with Gasteiger partial charge in [-0.1, -0.05) is 18.7 Å². The maximum atomic E-state index is 13.6. The van der Waals surface area contributed by atoms with Gasteiger partial charge in [0.15, 0.2) is 0 Å². The van der Waals surface area contributed by atoms with E-state index in [0.717, 1.165) is 70.1 Å². The molecule has 4 rings (SSSR count). The molecular weight excluding hydrogens is 621 g/mol. The van der Waals surface area contributed by atoms with Gasteiger partial charge in [-0.15, -0.1) is 0 Å². The highest BCUT2D eigenvalue weighted by Crippen LogP contribution is 2.35. The van der Waals surface area contributed by atoms with E-state index >= 15 is 0 Å². The maximum Gasteiger partial charge on any atom is 0.416 e. The smallest absolute Gasteiger partial charge is 0.390 e. The zero-order valence-corrected chi connectivity index (χ0v) is 27.7. The quantitative estimate of drug-likeness (QED) is 0.167. The van der Waals surface area contributed by atoms with Crippen molar-refractivity contribution < 1.29 is 31.1 Å². The maximum absolute atomic E-state index is 13.6. The number of likely N-dealkylation sites (tertiary alicyclic amines) is 2. The Morgan fingerprint density at radius 2 is 1.83 bits per heavy atom. The Balaban J connectivity index is 1.30. The Kier molecular flexibility index (Phi) is 11.9. The van der Waals surface area contributed by atoms with Gasteiger partial charge in [0, 0.05) is 50.0 Å². The fraction of sp³-hybridized carbons (Fsp3) is 0.625. The molecule has 3 saturated heterocycles. The summed E-state index contributed by atoms with van der Waals surface area (Å²) in [5.74, 6) is -0.229. The first-order valence-electron chi connectivity index (χ1n) is 15.9. The lowest BCUT2D eigenvalue weighted by Gasteiger charge is -2.43. The fourth-order valence-corrected chi connectivity index (χ4v) is 7.33. The molecule has 2 atom stereocenters. The van der Waals surface area contributed by atoms with Crippen molar-refractivity contribution in [2.75, 3.05) is 46.0 Å². The van der Waals surface area contributed by atoms with Crippen molar-refractivity contribution in [1.82, 2.24) is 19.4 Å². The fourth-order valence-electron chi connectivity index (χ4n) is 6.58. The van der Waals surface area contributed by atoms with Crippen LogP contribution in [-0.4, -0.2) is 99.0 Å². The molecule has 3 aliphatic rings. The summed E-state index contributed by atoms with van der Waals surface area (Å²) in [6, 6.07) is 5.62. The third-order valence-electron chi connectivity index (χ3n) is 9.50. The van der Waals surface area contributed by atoms with Crippen molar-refractivity contribution >= 4 is 22.3 Å². The monoisotopic (exact) mass is 668 g/mol. The molecule has 0 saturated carbocycles. The molecule has 3 heterocycles. The van der Waals surface area contributed by atoms with Crippen molar-refractivity contribution in [2.24, 2.45) is 10.7 Å². The average molecular weight is 669 g/mol. The standard InChI is InChI=1S/C32H47F3N6O4S/c1-22(23(2)37-20-28-9-6-10-29(45-28)24-7-5-8-25(19-24)32(33,34)35)30(38-21-36)31(42)41-17-13-27(14-18-41)40-15-11-26(12-16-40)39(3)46(4,43)44/h5,7-8,19,21,26-29,37H,2,6,9-18,20H2,1,3-4H3,(H2,36,38)/b30-22-/t28-,29+/m0/s1. The van der Waals surface area contributed by atoms with E-state index in [4.69, 9.17) is 10.5 Å². The number of nitrogens with two attached hydrogens (primary N) is 1. The number of carbonyl (C=O) groups excluding carboxylic acids is 1. The predicted octanol–water partition coefficient (Wildman–Crippen LogP) is 4.03. The van der Waals surface area contributed by atoms with Gasteiger partial charge in [-0.05, 0) is 82.7 Å². The minimum absolute atomic E-state index is 0.0147. The Labute approximate surface area is 270 Å². The molecule has 0 aliphatic carbocycles. The largest absolute Gasteiger partial charge is 0.416 e. The van der Waals surface area contributed by atoms with Gasteiger partial charge >= 0.3 is 6.18 Å². The van der Waals surface area contributed by atoms with Crippen LogP contribution in [0.15, 0.2) is 52.8 Å². The van der Waals surface area contributed by atoms with E-state index in [1.807, 2.05) is 0 Å². The molecule has 256 valence electrons. The summed E-state index contributed by atoms with van der Waals surface area (Å²) in [5, 5.41) is 3.24. The van der Waals surface area contributed by atoms with Crippen LogP contribution >= 0.6 is 0 Å². The number of amides is 1. The van der Waals surface area contributed by atoms with Crippen LogP contribution < -0.4 is 11.1 Å². The molecule has 0 unspecified atom stereocenters. The summed E-state index contributed by atoms with van der Waals surface area (Å²) in [6.07, 6.45) is 2.61. The number of carbonyl (C=O) groups is 1. The molecule has 46 heavy (non-hydrogen) atoms. The molecule has 1 amide bonds. The predicted molar refractivity (Wildman–Crippen MR) is 172 cm³/mol. The van der Waals surface area contributed by atoms with Gasteiger partial charge in [0.1, 0.15) is 5.70 Å². The van der Waals surface area contributed by atoms with Gasteiger partial charge in [-0.2, -0.15) is 13.2 Å². The first-order valence-corrected chi connectivity index (χ1v) is 17.7. The number of hydrogen-bond acceptors (Lipinski definition) is 7. The Morgan fingerprint density at radius 1 is 1.15 bits per heavy atom. The van der Waals surface area contributed by atoms with Crippen molar-refractivity contribution in [3.8, 4) is 0 Å². The van der Waals surface area contributed by atoms with E-state index in [9.17, 15) is 26.4 Å². The number of rotatable bonds is 10. The van der Waals surface area contributed by atoms with Crippen LogP contribution in [0.2, 0.25) is 0 Å². The minimum atomic E-state index is -4.41. The molecular formula is C32H47F3N6O4S. The number of piperidine rings is 2. The molecule has 0 aromatic heterocycles. The van der Waals surface area contributed by atoms with Gasteiger partial charge < -0.3 is 25.6 Å². The lowest BCUT2D eigenvalue weighted by atomic mass is 9.97. The van der Waals surface area contributed by atoms with Crippen molar-refractivity contribution in [3.63, 3.8) is 0 Å². The zero-order chi connectivity index (χ0) is 33.6. The second kappa shape index (κ2) is 15.3. The van der Waals surface area contributed by atoms with E-state index in [-0.39, 0.29) is 23.8 Å². The number of ether oxygens (including phenoxy) is 1. The van der Waals surface area contributed by atoms with Crippen LogP contribution in [0, 0.1) is 0 Å². The summed E-state index contributed by atoms with van der Waals surface area (Å²) in [7, 11) is -1.57. The van der Waals surface area contributed by atoms with Gasteiger partial charge in [-0.25, -0.2) is 17.7 Å². The third kappa shape index (κ3) is 9.11. The van der Waals surface area contributed by atoms with E-state index in [1.165, 1.54) is 16.6 Å². The Hall–Kier alpha value is -2.94. The lowest BCUT2D eigenvalue weighted by molar-refractivity contribution is -0.137. The second-order valence-corrected chi connectivity index (χ2v) is 14.5. The first-order chi connectivity index (χ1) is 21.7. The topological polar surface area (TPSA) is 121 Å². The summed E-state index contributed by atoms with van der Waals surface area (Å²) < 4.78 is 71.1. The third-order valence-corrected chi connectivity index (χ3v) is 10.8. The molecule has 0 bridgehead atoms. The van der Waals surface area contributed by atoms with Gasteiger partial charge in [0.25, 0.3) is 5.91 Å². The number of alkyl halides is 3. The van der Waals surface area contributed by atoms with Crippen molar-refractivity contribution in [3.05, 3.63) is 58.9 Å². The number of nitrogens with zero attached hydrogens (tertiary/aromatic N) is 4. The normalized spacial score (nSPS) is 23.5. The number of sulfonamides is 1. The van der Waals surface area contributed by atoms with Gasteiger partial charge in [0.2, 0.25) is 10.0 Å². The second-order valence-electron chi connectivity index (χ2n) is 12.5. The average Bonchev–Trinajstić information content (AvgIpc) is 3.04. The van der Waals surface area contributed by atoms with Crippen LogP contribution in [-0.2, 0) is 25.7 Å². The van der Waals surface area contributed by atoms with Crippen molar-refractivity contribution in [2.45, 2.75) is 82.3 Å². The SMILES string of the molecule is C=C(NC[C@@H]1CCC[C@H](c2cccc(C(F)(F)F)c2)O1)/C(C)=C(\N=C/N)C(=O)N1CCC(N2CCC(N(C)S(C)(=O)=O)CC2)CC1. The van der Waals surface area contributed by atoms with Crippen LogP contribution in [0.4, 0.5) is 13.2 Å². The number of aliphatic imine (C=N–C) groups is 1. The number of allylic oxidation sites excluding steroid dienone is 1. The van der Waals surface area contributed by atoms with E-state index in [2.05, 4.69) is 21.8 Å². The highest BCUT2D eigenvalue weighted by atomic mass is 32.2. The van der Waals surface area contributed by atoms with Crippen LogP contribution in [0.1, 0.15) is 69.1 Å². The molecule has 3 N–H and O–H groups in total. The van der Waals surface area contributed by atoms with Gasteiger partial charge in [0.05, 0.1) is 30.4 Å². The van der Waals surface area contributed by atoms with Gasteiger partial charge in [-0.3, -0.25) is 4.79 Å². The molecule has 3 fully saturated rings.